The summed E-state index contributed by atoms with van der Waals surface area (Å²) in [4.78, 5) is 9.52. The molecule has 5 heterocycles. The monoisotopic (exact) mass is 1110 g/mol. The second-order valence-corrected chi connectivity index (χ2v) is 22.7. The Kier molecular flexibility index (Phi) is 11.0. The molecule has 0 spiro atoms. The molecule has 406 valence electrons. The maximum absolute atomic E-state index is 7.99. The van der Waals surface area contributed by atoms with Gasteiger partial charge in [0, 0.05) is 85.3 Å². The average Bonchev–Trinajstić information content (AvgIpc) is 0.896. The smallest absolute Gasteiger partial charge is 0.256 e. The SMILES string of the molecule is c1ccc(N(c2ccccc2)c2cc3c4c(c2)N(c2ccccc2)c2ccccc2B4c2cc4c(c(-c5cccc6c5oc5ccccc56)c2O3)Oc2cc(N(c3ccccc3)c3ccccc3)cc3c2B4c2ccccc2N3c2ccccc2)cc1. The molecular formula is C78H50B2N4O3. The summed E-state index contributed by atoms with van der Waals surface area (Å²) in [5.74, 6) is 2.96. The highest BCUT2D eigenvalue weighted by molar-refractivity contribution is 7.02. The van der Waals surface area contributed by atoms with Crippen LogP contribution < -0.4 is 61.9 Å². The first kappa shape index (κ1) is 49.1. The lowest BCUT2D eigenvalue weighted by atomic mass is 9.30. The van der Waals surface area contributed by atoms with Crippen LogP contribution in [-0.2, 0) is 0 Å². The first-order chi connectivity index (χ1) is 43.2. The van der Waals surface area contributed by atoms with E-state index in [1.165, 1.54) is 10.9 Å². The van der Waals surface area contributed by atoms with Gasteiger partial charge in [-0.05, 0) is 136 Å². The van der Waals surface area contributed by atoms with Gasteiger partial charge in [-0.1, -0.05) is 188 Å². The van der Waals surface area contributed by atoms with Crippen LogP contribution in [0.1, 0.15) is 0 Å². The molecule has 0 radical (unpaired) electrons. The summed E-state index contributed by atoms with van der Waals surface area (Å²) in [5, 5.41) is 2.06. The second-order valence-electron chi connectivity index (χ2n) is 22.7. The molecule has 0 amide bonds. The number of nitrogens with zero attached hydrogens (tertiary/aromatic N) is 4. The molecule has 0 unspecified atom stereocenters. The minimum atomic E-state index is -0.280. The molecule has 0 saturated carbocycles. The van der Waals surface area contributed by atoms with Gasteiger partial charge in [-0.25, -0.2) is 0 Å². The van der Waals surface area contributed by atoms with Crippen LogP contribution in [0, 0.1) is 0 Å². The van der Waals surface area contributed by atoms with E-state index < -0.39 is 0 Å². The molecule has 7 nitrogen and oxygen atoms in total. The van der Waals surface area contributed by atoms with Crippen LogP contribution >= 0.6 is 0 Å². The van der Waals surface area contributed by atoms with E-state index in [-0.39, 0.29) is 13.4 Å². The molecule has 0 atom stereocenters. The number of hydrogen-bond acceptors (Lipinski definition) is 7. The van der Waals surface area contributed by atoms with Crippen molar-refractivity contribution in [3.8, 4) is 34.1 Å². The van der Waals surface area contributed by atoms with Gasteiger partial charge in [0.05, 0.1) is 16.9 Å². The summed E-state index contributed by atoms with van der Waals surface area (Å²) in [5.41, 5.74) is 22.3. The van der Waals surface area contributed by atoms with Gasteiger partial charge in [0.2, 0.25) is 0 Å². The number of rotatable bonds is 9. The van der Waals surface area contributed by atoms with Gasteiger partial charge in [-0.15, -0.1) is 0 Å². The van der Waals surface area contributed by atoms with Crippen molar-refractivity contribution in [1.29, 1.82) is 0 Å². The first-order valence-electron chi connectivity index (χ1n) is 29.7. The van der Waals surface area contributed by atoms with Crippen molar-refractivity contribution in [3.63, 3.8) is 0 Å². The first-order valence-corrected chi connectivity index (χ1v) is 29.7. The summed E-state index contributed by atoms with van der Waals surface area (Å²) in [6, 6.07) is 108. The zero-order valence-corrected chi connectivity index (χ0v) is 47.0. The summed E-state index contributed by atoms with van der Waals surface area (Å²) >= 11 is 0. The molecule has 1 aromatic heterocycles. The predicted molar refractivity (Wildman–Crippen MR) is 360 cm³/mol. The zero-order chi connectivity index (χ0) is 57.1. The summed E-state index contributed by atoms with van der Waals surface area (Å²) < 4.78 is 23.1. The zero-order valence-electron chi connectivity index (χ0n) is 47.0. The van der Waals surface area contributed by atoms with E-state index in [1.54, 1.807) is 0 Å². The number of benzene rings is 13. The summed E-state index contributed by atoms with van der Waals surface area (Å²) in [6.45, 7) is -0.559. The fraction of sp³-hybridized carbons (Fsp3) is 0. The Morgan fingerprint density at radius 1 is 0.299 bits per heavy atom. The highest BCUT2D eigenvalue weighted by atomic mass is 16.5. The number of ether oxygens (including phenoxy) is 2. The Bertz CT molecular complexity index is 4690. The quantitative estimate of drug-likeness (QED) is 0.133. The highest BCUT2D eigenvalue weighted by Crippen LogP contribution is 2.53. The van der Waals surface area contributed by atoms with Gasteiger partial charge >= 0.3 is 0 Å². The maximum Gasteiger partial charge on any atom is 0.256 e. The molecule has 0 bridgehead atoms. The van der Waals surface area contributed by atoms with Gasteiger partial charge in [0.25, 0.3) is 13.4 Å². The third kappa shape index (κ3) is 7.59. The number of furan rings is 1. The fourth-order valence-electron chi connectivity index (χ4n) is 14.3. The van der Waals surface area contributed by atoms with Gasteiger partial charge in [-0.3, -0.25) is 0 Å². The molecule has 14 aromatic rings. The minimum absolute atomic E-state index is 0.280. The van der Waals surface area contributed by atoms with E-state index >= 15 is 0 Å². The fourth-order valence-corrected chi connectivity index (χ4v) is 14.3. The molecule has 0 saturated heterocycles. The van der Waals surface area contributed by atoms with Crippen LogP contribution in [0.25, 0.3) is 33.1 Å². The van der Waals surface area contributed by atoms with Crippen molar-refractivity contribution in [3.05, 3.63) is 303 Å². The van der Waals surface area contributed by atoms with E-state index in [9.17, 15) is 0 Å². The Balaban J connectivity index is 0.960. The lowest BCUT2D eigenvalue weighted by Gasteiger charge is -2.43. The Labute approximate surface area is 504 Å². The molecule has 18 rings (SSSR count). The predicted octanol–water partition coefficient (Wildman–Crippen LogP) is 17.0. The van der Waals surface area contributed by atoms with Crippen molar-refractivity contribution in [2.45, 2.75) is 0 Å². The van der Waals surface area contributed by atoms with Crippen molar-refractivity contribution < 1.29 is 13.9 Å². The molecule has 4 aliphatic rings. The molecule has 0 aliphatic carbocycles. The Morgan fingerprint density at radius 3 is 1.15 bits per heavy atom. The van der Waals surface area contributed by atoms with Crippen LogP contribution in [0.5, 0.6) is 23.0 Å². The topological polar surface area (TPSA) is 44.6 Å². The molecule has 0 fully saturated rings. The molecule has 13 aromatic carbocycles. The third-order valence-corrected chi connectivity index (χ3v) is 17.9. The normalized spacial score (nSPS) is 12.9. The van der Waals surface area contributed by atoms with E-state index in [0.717, 1.165) is 146 Å². The third-order valence-electron chi connectivity index (χ3n) is 17.9. The van der Waals surface area contributed by atoms with Crippen molar-refractivity contribution in [2.24, 2.45) is 0 Å². The van der Waals surface area contributed by atoms with Crippen LogP contribution in [0.3, 0.4) is 0 Å². The van der Waals surface area contributed by atoms with Crippen LogP contribution in [0.15, 0.2) is 308 Å². The van der Waals surface area contributed by atoms with E-state index in [2.05, 4.69) is 317 Å². The Morgan fingerprint density at radius 2 is 0.690 bits per heavy atom. The van der Waals surface area contributed by atoms with Crippen molar-refractivity contribution in [2.75, 3.05) is 19.6 Å². The standard InChI is InChI=1S/C78H50B2N4O3/c1-7-26-51(27-8-1)81(52-28-9-2-10-29-52)57-46-68-74-71(48-57)86-77-64(79(74)62-41-20-22-43-66(62)83(68)55-34-15-5-16-35-55)50-65-78(73(77)61-40-25-39-60-59-38-19-24-45-70(59)85-76(60)61)87-72-49-58(82(53-30-11-3-12-31-53)54-32-13-4-14-33-54)47-69-75(72)80(65)63-42-21-23-44-67(63)84(69)56-36-17-6-18-37-56/h1-50H. The minimum Gasteiger partial charge on any atom is -0.457 e. The van der Waals surface area contributed by atoms with Crippen LogP contribution in [0.2, 0.25) is 0 Å². The van der Waals surface area contributed by atoms with Crippen molar-refractivity contribution >= 4 is 136 Å². The lowest BCUT2D eigenvalue weighted by molar-refractivity contribution is 0.469. The molecule has 4 aliphatic heterocycles. The Hall–Kier alpha value is -11.4. The average molecular weight is 1110 g/mol. The van der Waals surface area contributed by atoms with Crippen LogP contribution in [-0.4, -0.2) is 13.4 Å². The molecule has 9 heteroatoms. The molecule has 87 heavy (non-hydrogen) atoms. The van der Waals surface area contributed by atoms with Crippen LogP contribution in [0.4, 0.5) is 68.2 Å². The van der Waals surface area contributed by atoms with E-state index in [1.807, 2.05) is 6.07 Å². The molecule has 0 N–H and O–H groups in total. The van der Waals surface area contributed by atoms with Gasteiger partial charge in [-0.2, -0.15) is 0 Å². The van der Waals surface area contributed by atoms with E-state index in [0.29, 0.717) is 0 Å². The van der Waals surface area contributed by atoms with Gasteiger partial charge < -0.3 is 33.5 Å². The maximum atomic E-state index is 7.99. The second kappa shape index (κ2) is 19.6. The van der Waals surface area contributed by atoms with Gasteiger partial charge in [0.1, 0.15) is 34.2 Å². The summed E-state index contributed by atoms with van der Waals surface area (Å²) in [6.07, 6.45) is 0. The van der Waals surface area contributed by atoms with Gasteiger partial charge in [0.15, 0.2) is 0 Å². The highest BCUT2D eigenvalue weighted by Gasteiger charge is 2.49. The number of fused-ring (bicyclic) bond motifs is 11. The number of hydrogen-bond donors (Lipinski definition) is 0. The largest absolute Gasteiger partial charge is 0.457 e. The summed E-state index contributed by atoms with van der Waals surface area (Å²) in [7, 11) is 0. The molecular weight excluding hydrogens is 1060 g/mol. The number of anilines is 12. The lowest BCUT2D eigenvalue weighted by Crippen LogP contribution is -2.63. The number of para-hydroxylation sites is 10. The van der Waals surface area contributed by atoms with Crippen molar-refractivity contribution in [1.82, 2.24) is 0 Å². The van der Waals surface area contributed by atoms with E-state index in [4.69, 9.17) is 13.9 Å².